The Hall–Kier alpha value is -1.78. The second kappa shape index (κ2) is 6.33. The van der Waals surface area contributed by atoms with Gasteiger partial charge < -0.3 is 15.6 Å². The fourth-order valence-electron chi connectivity index (χ4n) is 3.51. The molecule has 2 aliphatic carbocycles. The average Bonchev–Trinajstić information content (AvgIpc) is 2.98. The predicted octanol–water partition coefficient (Wildman–Crippen LogP) is 2.24. The molecule has 1 fully saturated rings. The Balaban J connectivity index is 1.58. The van der Waals surface area contributed by atoms with E-state index < -0.39 is 0 Å². The molecular formula is C16H23N3O2. The molecule has 5 heteroatoms. The number of urea groups is 1. The van der Waals surface area contributed by atoms with E-state index in [1.54, 1.807) is 0 Å². The van der Waals surface area contributed by atoms with Crippen LogP contribution in [0, 0.1) is 5.92 Å². The summed E-state index contributed by atoms with van der Waals surface area (Å²) in [6.07, 6.45) is 7.83. The molecule has 5 nitrogen and oxygen atoms in total. The van der Waals surface area contributed by atoms with Crippen LogP contribution in [0.15, 0.2) is 16.9 Å². The number of nitrogens with one attached hydrogen (secondary N) is 3. The highest BCUT2D eigenvalue weighted by Gasteiger charge is 2.23. The molecule has 2 aliphatic rings. The highest BCUT2D eigenvalue weighted by Crippen LogP contribution is 2.27. The number of aryl methyl sites for hydroxylation is 1. The van der Waals surface area contributed by atoms with E-state index in [1.165, 1.54) is 31.7 Å². The molecule has 0 spiro atoms. The second-order valence-corrected chi connectivity index (χ2v) is 6.21. The average molecular weight is 289 g/mol. The maximum Gasteiger partial charge on any atom is 0.315 e. The number of aromatic nitrogens is 1. The summed E-state index contributed by atoms with van der Waals surface area (Å²) in [6.45, 7) is 0.775. The smallest absolute Gasteiger partial charge is 0.315 e. The van der Waals surface area contributed by atoms with Gasteiger partial charge in [-0.15, -0.1) is 0 Å². The quantitative estimate of drug-likeness (QED) is 0.798. The normalized spacial score (nSPS) is 21.8. The van der Waals surface area contributed by atoms with Crippen molar-refractivity contribution in [3.63, 3.8) is 0 Å². The zero-order valence-electron chi connectivity index (χ0n) is 12.3. The van der Waals surface area contributed by atoms with Crippen LogP contribution in [0.3, 0.4) is 0 Å². The summed E-state index contributed by atoms with van der Waals surface area (Å²) in [5.41, 5.74) is 1.95. The van der Waals surface area contributed by atoms with Gasteiger partial charge in [-0.25, -0.2) is 4.79 Å². The fourth-order valence-corrected chi connectivity index (χ4v) is 3.51. The number of hydrogen-bond acceptors (Lipinski definition) is 2. The number of carbonyl (C=O) groups excluding carboxylic acids is 1. The van der Waals surface area contributed by atoms with Crippen LogP contribution in [0.5, 0.6) is 0 Å². The number of pyridine rings is 1. The summed E-state index contributed by atoms with van der Waals surface area (Å²) >= 11 is 0. The molecule has 1 heterocycles. The molecule has 3 N–H and O–H groups in total. The first-order valence-electron chi connectivity index (χ1n) is 7.99. The standard InChI is InChI=1S/C16H23N3O2/c20-15-9-8-12-13(18-15)6-3-7-14(12)19-16(21)17-10-11-4-1-2-5-11/h8-9,11,14H,1-7,10H2,(H,18,20)(H2,17,19,21)/t14-/m1/s1. The minimum absolute atomic E-state index is 0.00850. The number of rotatable bonds is 3. The maximum atomic E-state index is 12.1. The van der Waals surface area contributed by atoms with Gasteiger partial charge in [0.15, 0.2) is 0 Å². The van der Waals surface area contributed by atoms with Gasteiger partial charge in [0.25, 0.3) is 0 Å². The molecule has 0 unspecified atom stereocenters. The topological polar surface area (TPSA) is 74.0 Å². The number of carbonyl (C=O) groups is 1. The largest absolute Gasteiger partial charge is 0.338 e. The van der Waals surface area contributed by atoms with Crippen molar-refractivity contribution in [2.45, 2.75) is 51.0 Å². The summed E-state index contributed by atoms with van der Waals surface area (Å²) in [6, 6.07) is 3.30. The van der Waals surface area contributed by atoms with Gasteiger partial charge in [0.05, 0.1) is 6.04 Å². The lowest BCUT2D eigenvalue weighted by Crippen LogP contribution is -2.41. The van der Waals surface area contributed by atoms with E-state index in [0.717, 1.165) is 37.1 Å². The van der Waals surface area contributed by atoms with E-state index in [4.69, 9.17) is 0 Å². The van der Waals surface area contributed by atoms with Crippen molar-refractivity contribution in [3.05, 3.63) is 33.7 Å². The van der Waals surface area contributed by atoms with Gasteiger partial charge >= 0.3 is 6.03 Å². The fraction of sp³-hybridized carbons (Fsp3) is 0.625. The van der Waals surface area contributed by atoms with Crippen LogP contribution in [0.1, 0.15) is 55.8 Å². The monoisotopic (exact) mass is 289 g/mol. The van der Waals surface area contributed by atoms with Crippen molar-refractivity contribution in [2.75, 3.05) is 6.54 Å². The Bertz CT molecular complexity index is 561. The molecule has 0 aliphatic heterocycles. The molecule has 0 bridgehead atoms. The van der Waals surface area contributed by atoms with Crippen LogP contribution in [0.4, 0.5) is 4.79 Å². The van der Waals surface area contributed by atoms with Crippen LogP contribution in [0.2, 0.25) is 0 Å². The minimum atomic E-state index is -0.0917. The zero-order valence-corrected chi connectivity index (χ0v) is 12.3. The Morgan fingerprint density at radius 3 is 2.81 bits per heavy atom. The first kappa shape index (κ1) is 14.2. The summed E-state index contributed by atoms with van der Waals surface area (Å²) in [4.78, 5) is 26.3. The van der Waals surface area contributed by atoms with E-state index in [2.05, 4.69) is 15.6 Å². The number of fused-ring (bicyclic) bond motifs is 1. The van der Waals surface area contributed by atoms with Crippen LogP contribution in [-0.2, 0) is 6.42 Å². The van der Waals surface area contributed by atoms with Gasteiger partial charge in [0.1, 0.15) is 0 Å². The first-order chi connectivity index (χ1) is 10.2. The van der Waals surface area contributed by atoms with Crippen molar-refractivity contribution < 1.29 is 4.79 Å². The van der Waals surface area contributed by atoms with E-state index in [1.807, 2.05) is 6.07 Å². The maximum absolute atomic E-state index is 12.1. The number of hydrogen-bond donors (Lipinski definition) is 3. The van der Waals surface area contributed by atoms with Gasteiger partial charge in [0.2, 0.25) is 5.56 Å². The molecular weight excluding hydrogens is 266 g/mol. The SMILES string of the molecule is O=C(NCC1CCCC1)N[C@@H]1CCCc2[nH]c(=O)ccc21. The molecule has 0 saturated heterocycles. The Morgan fingerprint density at radius 2 is 2.00 bits per heavy atom. The molecule has 114 valence electrons. The Labute approximate surface area is 124 Å². The molecule has 3 rings (SSSR count). The molecule has 1 aromatic rings. The van der Waals surface area contributed by atoms with Gasteiger partial charge in [-0.1, -0.05) is 12.8 Å². The van der Waals surface area contributed by atoms with Crippen LogP contribution >= 0.6 is 0 Å². The number of H-pyrrole nitrogens is 1. The van der Waals surface area contributed by atoms with Crippen molar-refractivity contribution in [2.24, 2.45) is 5.92 Å². The van der Waals surface area contributed by atoms with Gasteiger partial charge in [-0.3, -0.25) is 4.79 Å². The third kappa shape index (κ3) is 3.46. The van der Waals surface area contributed by atoms with Gasteiger partial charge in [-0.2, -0.15) is 0 Å². The van der Waals surface area contributed by atoms with Gasteiger partial charge in [0, 0.05) is 18.3 Å². The summed E-state index contributed by atoms with van der Waals surface area (Å²) in [5.74, 6) is 0.644. The molecule has 21 heavy (non-hydrogen) atoms. The van der Waals surface area contributed by atoms with E-state index in [9.17, 15) is 9.59 Å². The second-order valence-electron chi connectivity index (χ2n) is 6.21. The molecule has 1 atom stereocenters. The van der Waals surface area contributed by atoms with Crippen molar-refractivity contribution in [1.29, 1.82) is 0 Å². The first-order valence-corrected chi connectivity index (χ1v) is 7.99. The van der Waals surface area contributed by atoms with Crippen LogP contribution in [0.25, 0.3) is 0 Å². The molecule has 0 radical (unpaired) electrons. The van der Waals surface area contributed by atoms with Crippen LogP contribution in [-0.4, -0.2) is 17.6 Å². The molecule has 2 amide bonds. The molecule has 0 aromatic carbocycles. The minimum Gasteiger partial charge on any atom is -0.338 e. The summed E-state index contributed by atoms with van der Waals surface area (Å²) < 4.78 is 0. The van der Waals surface area contributed by atoms with Crippen molar-refractivity contribution in [3.8, 4) is 0 Å². The summed E-state index contributed by atoms with van der Waals surface area (Å²) in [7, 11) is 0. The predicted molar refractivity (Wildman–Crippen MR) is 81.2 cm³/mol. The van der Waals surface area contributed by atoms with E-state index >= 15 is 0 Å². The third-order valence-corrected chi connectivity index (χ3v) is 4.66. The third-order valence-electron chi connectivity index (χ3n) is 4.66. The molecule has 1 aromatic heterocycles. The lowest BCUT2D eigenvalue weighted by atomic mass is 9.91. The lowest BCUT2D eigenvalue weighted by molar-refractivity contribution is 0.233. The molecule has 1 saturated carbocycles. The van der Waals surface area contributed by atoms with E-state index in [-0.39, 0.29) is 17.6 Å². The Morgan fingerprint density at radius 1 is 1.19 bits per heavy atom. The Kier molecular flexibility index (Phi) is 4.27. The zero-order chi connectivity index (χ0) is 14.7. The van der Waals surface area contributed by atoms with E-state index in [0.29, 0.717) is 5.92 Å². The van der Waals surface area contributed by atoms with Crippen molar-refractivity contribution >= 4 is 6.03 Å². The van der Waals surface area contributed by atoms with Gasteiger partial charge in [-0.05, 0) is 49.7 Å². The number of amides is 2. The van der Waals surface area contributed by atoms with Crippen LogP contribution < -0.4 is 16.2 Å². The lowest BCUT2D eigenvalue weighted by Gasteiger charge is -2.26. The highest BCUT2D eigenvalue weighted by atomic mass is 16.2. The highest BCUT2D eigenvalue weighted by molar-refractivity contribution is 5.74. The number of aromatic amines is 1. The summed E-state index contributed by atoms with van der Waals surface area (Å²) in [5, 5.41) is 6.04. The van der Waals surface area contributed by atoms with Crippen molar-refractivity contribution in [1.82, 2.24) is 15.6 Å².